The maximum absolute atomic E-state index is 12.2. The fraction of sp³-hybridized carbons (Fsp3) is 0.250. The van der Waals surface area contributed by atoms with Crippen LogP contribution in [0.3, 0.4) is 0 Å². The first-order chi connectivity index (χ1) is 13.1. The van der Waals surface area contributed by atoms with Crippen molar-refractivity contribution in [3.05, 3.63) is 53.9 Å². The Balaban J connectivity index is 1.65. The van der Waals surface area contributed by atoms with Crippen molar-refractivity contribution in [2.24, 2.45) is 0 Å². The van der Waals surface area contributed by atoms with Crippen LogP contribution in [-0.4, -0.2) is 36.7 Å². The molecule has 1 heterocycles. The van der Waals surface area contributed by atoms with Crippen LogP contribution in [0, 0.1) is 6.92 Å². The molecular formula is C20H21N3O4. The molecule has 0 saturated heterocycles. The molecule has 0 spiro atoms. The topological polar surface area (TPSA) is 82.6 Å². The number of fused-ring (bicyclic) bond motifs is 1. The molecule has 1 aromatic heterocycles. The van der Waals surface area contributed by atoms with Crippen molar-refractivity contribution in [1.82, 2.24) is 15.3 Å². The monoisotopic (exact) mass is 367 g/mol. The number of carbonyl (C=O) groups is 1. The van der Waals surface area contributed by atoms with E-state index in [0.29, 0.717) is 29.7 Å². The molecule has 0 fully saturated rings. The van der Waals surface area contributed by atoms with Gasteiger partial charge in [0.1, 0.15) is 5.82 Å². The molecule has 1 amide bonds. The summed E-state index contributed by atoms with van der Waals surface area (Å²) in [6.45, 7) is 1.94. The molecule has 0 aliphatic heterocycles. The van der Waals surface area contributed by atoms with Crippen molar-refractivity contribution >= 4 is 16.8 Å². The number of hydrogen-bond acceptors (Lipinski definition) is 6. The van der Waals surface area contributed by atoms with E-state index < -0.39 is 0 Å². The highest BCUT2D eigenvalue weighted by Crippen LogP contribution is 2.30. The molecule has 7 heteroatoms. The summed E-state index contributed by atoms with van der Waals surface area (Å²) in [5.41, 5.74) is 1.59. The molecule has 0 unspecified atom stereocenters. The second-order valence-corrected chi connectivity index (χ2v) is 5.81. The summed E-state index contributed by atoms with van der Waals surface area (Å²) in [6, 6.07) is 13.0. The van der Waals surface area contributed by atoms with Crippen LogP contribution in [0.1, 0.15) is 11.4 Å². The van der Waals surface area contributed by atoms with Crippen LogP contribution in [-0.2, 0) is 11.3 Å². The van der Waals surface area contributed by atoms with Gasteiger partial charge in [-0.2, -0.15) is 4.98 Å². The van der Waals surface area contributed by atoms with E-state index in [1.165, 1.54) is 0 Å². The molecule has 3 rings (SSSR count). The normalized spacial score (nSPS) is 10.5. The highest BCUT2D eigenvalue weighted by atomic mass is 16.5. The van der Waals surface area contributed by atoms with E-state index in [1.807, 2.05) is 36.4 Å². The molecule has 0 radical (unpaired) electrons. The highest BCUT2D eigenvalue weighted by molar-refractivity contribution is 5.84. The van der Waals surface area contributed by atoms with Gasteiger partial charge in [-0.3, -0.25) is 4.79 Å². The lowest BCUT2D eigenvalue weighted by Crippen LogP contribution is -2.28. The fourth-order valence-corrected chi connectivity index (χ4v) is 2.74. The average Bonchev–Trinajstić information content (AvgIpc) is 2.69. The van der Waals surface area contributed by atoms with Crippen LogP contribution >= 0.6 is 0 Å². The first-order valence-electron chi connectivity index (χ1n) is 8.45. The van der Waals surface area contributed by atoms with Crippen molar-refractivity contribution in [1.29, 1.82) is 0 Å². The number of rotatable bonds is 7. The molecule has 2 aromatic carbocycles. The van der Waals surface area contributed by atoms with Crippen LogP contribution in [0.25, 0.3) is 10.9 Å². The van der Waals surface area contributed by atoms with Crippen LogP contribution in [0.5, 0.6) is 17.4 Å². The summed E-state index contributed by atoms with van der Waals surface area (Å²) < 4.78 is 16.3. The Morgan fingerprint density at radius 1 is 1.04 bits per heavy atom. The van der Waals surface area contributed by atoms with E-state index in [2.05, 4.69) is 15.3 Å². The highest BCUT2D eigenvalue weighted by Gasteiger charge is 2.12. The van der Waals surface area contributed by atoms with Crippen molar-refractivity contribution in [3.63, 3.8) is 0 Å². The Bertz CT molecular complexity index is 959. The number of nitrogens with zero attached hydrogens (tertiary/aromatic N) is 2. The molecule has 1 N–H and O–H groups in total. The number of hydrogen-bond donors (Lipinski definition) is 1. The van der Waals surface area contributed by atoms with Gasteiger partial charge in [0.05, 0.1) is 25.1 Å². The van der Waals surface area contributed by atoms with Gasteiger partial charge >= 0.3 is 0 Å². The third kappa shape index (κ3) is 4.25. The fourth-order valence-electron chi connectivity index (χ4n) is 2.74. The molecule has 27 heavy (non-hydrogen) atoms. The van der Waals surface area contributed by atoms with E-state index >= 15 is 0 Å². The van der Waals surface area contributed by atoms with Crippen molar-refractivity contribution in [3.8, 4) is 17.4 Å². The van der Waals surface area contributed by atoms with Gasteiger partial charge < -0.3 is 19.5 Å². The number of amides is 1. The Kier molecular flexibility index (Phi) is 5.71. The molecule has 0 aliphatic carbocycles. The number of nitrogens with one attached hydrogen (secondary N) is 1. The number of benzene rings is 2. The summed E-state index contributed by atoms with van der Waals surface area (Å²) in [5.74, 6) is 1.93. The average molecular weight is 367 g/mol. The lowest BCUT2D eigenvalue weighted by Gasteiger charge is -2.13. The number of aryl methyl sites for hydroxylation is 1. The minimum absolute atomic E-state index is 0.146. The molecule has 0 atom stereocenters. The van der Waals surface area contributed by atoms with Crippen molar-refractivity contribution in [2.45, 2.75) is 13.5 Å². The van der Waals surface area contributed by atoms with Gasteiger partial charge in [0.15, 0.2) is 18.1 Å². The number of carbonyl (C=O) groups excluding carboxylic acids is 1. The van der Waals surface area contributed by atoms with Gasteiger partial charge in [-0.05, 0) is 25.1 Å². The van der Waals surface area contributed by atoms with Gasteiger partial charge in [-0.25, -0.2) is 4.98 Å². The zero-order chi connectivity index (χ0) is 19.2. The molecule has 0 aliphatic rings. The molecule has 140 valence electrons. The van der Waals surface area contributed by atoms with Gasteiger partial charge in [0, 0.05) is 12.1 Å². The van der Waals surface area contributed by atoms with Gasteiger partial charge in [0.25, 0.3) is 5.91 Å². The largest absolute Gasteiger partial charge is 0.493 e. The zero-order valence-corrected chi connectivity index (χ0v) is 15.5. The van der Waals surface area contributed by atoms with Crippen molar-refractivity contribution < 1.29 is 19.0 Å². The summed E-state index contributed by atoms with van der Waals surface area (Å²) in [6.07, 6.45) is 0. The Morgan fingerprint density at radius 3 is 2.63 bits per heavy atom. The van der Waals surface area contributed by atoms with Crippen LogP contribution in [0.15, 0.2) is 42.5 Å². The SMILES string of the molecule is COc1cccc(CNC(=O)COc2nc(C)nc3ccccc23)c1OC. The second-order valence-electron chi connectivity index (χ2n) is 5.81. The Hall–Kier alpha value is -3.35. The third-order valence-corrected chi connectivity index (χ3v) is 3.98. The zero-order valence-electron chi connectivity index (χ0n) is 15.5. The molecule has 0 bridgehead atoms. The number of para-hydroxylation sites is 2. The van der Waals surface area contributed by atoms with E-state index in [4.69, 9.17) is 14.2 Å². The van der Waals surface area contributed by atoms with Crippen LogP contribution in [0.2, 0.25) is 0 Å². The first-order valence-corrected chi connectivity index (χ1v) is 8.45. The molecule has 3 aromatic rings. The first kappa shape index (κ1) is 18.4. The Morgan fingerprint density at radius 2 is 1.85 bits per heavy atom. The summed E-state index contributed by atoms with van der Waals surface area (Å²) in [7, 11) is 3.14. The van der Waals surface area contributed by atoms with Crippen molar-refractivity contribution in [2.75, 3.05) is 20.8 Å². The van der Waals surface area contributed by atoms with Gasteiger partial charge in [-0.15, -0.1) is 0 Å². The standard InChI is InChI=1S/C20H21N3O4/c1-13-22-16-9-5-4-8-15(16)20(23-13)27-12-18(24)21-11-14-7-6-10-17(25-2)19(14)26-3/h4-10H,11-12H2,1-3H3,(H,21,24). The van der Waals surface area contributed by atoms with E-state index in [1.54, 1.807) is 27.2 Å². The summed E-state index contributed by atoms with van der Waals surface area (Å²) in [5, 5.41) is 3.58. The number of ether oxygens (including phenoxy) is 3. The predicted octanol–water partition coefficient (Wildman–Crippen LogP) is 2.65. The second kappa shape index (κ2) is 8.35. The summed E-state index contributed by atoms with van der Waals surface area (Å²) >= 11 is 0. The molecular weight excluding hydrogens is 346 g/mol. The van der Waals surface area contributed by atoms with Gasteiger partial charge in [0.2, 0.25) is 5.88 Å². The predicted molar refractivity (Wildman–Crippen MR) is 101 cm³/mol. The maximum Gasteiger partial charge on any atom is 0.258 e. The van der Waals surface area contributed by atoms with Crippen LogP contribution < -0.4 is 19.5 Å². The number of aromatic nitrogens is 2. The van der Waals surface area contributed by atoms with E-state index in [-0.39, 0.29) is 12.5 Å². The maximum atomic E-state index is 12.2. The quantitative estimate of drug-likeness (QED) is 0.691. The third-order valence-electron chi connectivity index (χ3n) is 3.98. The smallest absolute Gasteiger partial charge is 0.258 e. The molecule has 0 saturated carbocycles. The minimum atomic E-state index is -0.264. The van der Waals surface area contributed by atoms with Gasteiger partial charge in [-0.1, -0.05) is 24.3 Å². The molecule has 7 nitrogen and oxygen atoms in total. The summed E-state index contributed by atoms with van der Waals surface area (Å²) in [4.78, 5) is 20.9. The number of methoxy groups -OCH3 is 2. The minimum Gasteiger partial charge on any atom is -0.493 e. The van der Waals surface area contributed by atoms with E-state index in [0.717, 1.165) is 16.5 Å². The Labute approximate surface area is 157 Å². The van der Waals surface area contributed by atoms with E-state index in [9.17, 15) is 4.79 Å². The lowest BCUT2D eigenvalue weighted by molar-refractivity contribution is -0.123. The lowest BCUT2D eigenvalue weighted by atomic mass is 10.2. The van der Waals surface area contributed by atoms with Crippen LogP contribution in [0.4, 0.5) is 0 Å².